The summed E-state index contributed by atoms with van der Waals surface area (Å²) in [7, 11) is 0. The standard InChI is InChI=1S/C7H12BIO2/c10-7(11)8-9-6-4-2-1-3-5-6/h6H,1-5H2,(H,10,11)/q-1. The van der Waals surface area contributed by atoms with Crippen molar-refractivity contribution in [3.8, 4) is 0 Å². The molecule has 0 aromatic carbocycles. The second-order valence-corrected chi connectivity index (χ2v) is 5.91. The van der Waals surface area contributed by atoms with E-state index in [9.17, 15) is 4.79 Å². The van der Waals surface area contributed by atoms with Crippen LogP contribution < -0.4 is 21.0 Å². The first-order valence-electron chi connectivity index (χ1n) is 3.97. The molecule has 1 fully saturated rings. The van der Waals surface area contributed by atoms with Crippen LogP contribution in [0, 0.1) is 0 Å². The molecule has 0 heterocycles. The van der Waals surface area contributed by atoms with Gasteiger partial charge in [0.1, 0.15) is 0 Å². The van der Waals surface area contributed by atoms with Gasteiger partial charge in [0, 0.05) is 0 Å². The summed E-state index contributed by atoms with van der Waals surface area (Å²) < 4.78 is 0.763. The van der Waals surface area contributed by atoms with Gasteiger partial charge in [-0.15, -0.1) is 0 Å². The normalized spacial score (nSPS) is 20.0. The summed E-state index contributed by atoms with van der Waals surface area (Å²) in [6.07, 6.45) is 6.54. The SMILES string of the molecule is O=C(O)[B][I-]C1CCCCC1. The first-order chi connectivity index (χ1) is 5.29. The van der Waals surface area contributed by atoms with Gasteiger partial charge >= 0.3 is 77.9 Å². The summed E-state index contributed by atoms with van der Waals surface area (Å²) in [5.74, 6) is -0.719. The maximum absolute atomic E-state index is 10.2. The second-order valence-electron chi connectivity index (χ2n) is 2.81. The summed E-state index contributed by atoms with van der Waals surface area (Å²) in [5.41, 5.74) is 0. The Balaban J connectivity index is 2.09. The molecule has 1 rings (SSSR count). The summed E-state index contributed by atoms with van der Waals surface area (Å²) >= 11 is -0.161. The second kappa shape index (κ2) is 5.01. The van der Waals surface area contributed by atoms with Crippen LogP contribution >= 0.6 is 0 Å². The van der Waals surface area contributed by atoms with Crippen molar-refractivity contribution < 1.29 is 30.9 Å². The molecule has 1 aliphatic carbocycles. The van der Waals surface area contributed by atoms with Crippen LogP contribution in [0.1, 0.15) is 32.1 Å². The monoisotopic (exact) mass is 266 g/mol. The van der Waals surface area contributed by atoms with Crippen molar-refractivity contribution in [2.45, 2.75) is 36.0 Å². The van der Waals surface area contributed by atoms with Crippen molar-refractivity contribution in [2.75, 3.05) is 0 Å². The zero-order chi connectivity index (χ0) is 8.10. The molecule has 0 aromatic rings. The van der Waals surface area contributed by atoms with E-state index in [0.717, 1.165) is 3.92 Å². The Labute approximate surface area is 78.0 Å². The summed E-state index contributed by atoms with van der Waals surface area (Å²) in [6, 6.07) is 0. The molecule has 0 saturated heterocycles. The number of hydrogen-bond donors (Lipinski definition) is 1. The van der Waals surface area contributed by atoms with Gasteiger partial charge in [-0.25, -0.2) is 0 Å². The van der Waals surface area contributed by atoms with Crippen LogP contribution in [0.25, 0.3) is 0 Å². The molecule has 4 heteroatoms. The minimum absolute atomic E-state index is 0.161. The van der Waals surface area contributed by atoms with Crippen LogP contribution in [0.15, 0.2) is 0 Å². The Kier molecular flexibility index (Phi) is 4.26. The Bertz CT molecular complexity index is 134. The Morgan fingerprint density at radius 3 is 2.55 bits per heavy atom. The number of hydrogen-bond acceptors (Lipinski definition) is 1. The van der Waals surface area contributed by atoms with E-state index in [2.05, 4.69) is 0 Å². The molecule has 2 nitrogen and oxygen atoms in total. The predicted molar refractivity (Wildman–Crippen MR) is 40.7 cm³/mol. The fourth-order valence-electron chi connectivity index (χ4n) is 1.32. The zero-order valence-corrected chi connectivity index (χ0v) is 8.58. The first kappa shape index (κ1) is 9.35. The topological polar surface area (TPSA) is 37.3 Å². The summed E-state index contributed by atoms with van der Waals surface area (Å²) in [5, 5.41) is 9.92. The number of rotatable bonds is 3. The van der Waals surface area contributed by atoms with Gasteiger partial charge in [0.2, 0.25) is 0 Å². The van der Waals surface area contributed by atoms with Crippen molar-refractivity contribution in [3.05, 3.63) is 0 Å². The van der Waals surface area contributed by atoms with Gasteiger partial charge in [-0.2, -0.15) is 0 Å². The van der Waals surface area contributed by atoms with Crippen molar-refractivity contribution >= 4 is 11.0 Å². The van der Waals surface area contributed by atoms with E-state index in [0.29, 0.717) is 0 Å². The number of alkyl halides is 1. The fourth-order valence-corrected chi connectivity index (χ4v) is 3.74. The van der Waals surface area contributed by atoms with Crippen molar-refractivity contribution in [3.63, 3.8) is 0 Å². The van der Waals surface area contributed by atoms with Gasteiger partial charge in [-0.3, -0.25) is 0 Å². The van der Waals surface area contributed by atoms with E-state index < -0.39 is 5.87 Å². The molecule has 1 aliphatic rings. The summed E-state index contributed by atoms with van der Waals surface area (Å²) in [6.45, 7) is 0. The average molecular weight is 266 g/mol. The van der Waals surface area contributed by atoms with Gasteiger partial charge in [0.05, 0.1) is 0 Å². The molecule has 0 bridgehead atoms. The Hall–Kier alpha value is 0.265. The van der Waals surface area contributed by atoms with Gasteiger partial charge in [0.25, 0.3) is 0 Å². The number of halogens is 1. The Morgan fingerprint density at radius 2 is 2.00 bits per heavy atom. The quantitative estimate of drug-likeness (QED) is 0.392. The molecule has 1 saturated carbocycles. The molecule has 0 aromatic heterocycles. The average Bonchev–Trinajstić information content (AvgIpc) is 2.03. The molecule has 1 radical (unpaired) electrons. The van der Waals surface area contributed by atoms with Gasteiger partial charge < -0.3 is 0 Å². The Morgan fingerprint density at radius 1 is 1.36 bits per heavy atom. The molecular formula is C7H12BIO2-. The van der Waals surface area contributed by atoms with Crippen molar-refractivity contribution in [2.24, 2.45) is 0 Å². The third-order valence-corrected chi connectivity index (χ3v) is 5.02. The first-order valence-corrected chi connectivity index (χ1v) is 6.46. The molecule has 0 atom stereocenters. The predicted octanol–water partition coefficient (Wildman–Crippen LogP) is -1.29. The number of carbonyl (C=O) groups is 1. The number of carboxylic acid groups (broad SMARTS) is 1. The third kappa shape index (κ3) is 3.98. The van der Waals surface area contributed by atoms with Crippen molar-refractivity contribution in [1.29, 1.82) is 0 Å². The molecule has 0 amide bonds. The van der Waals surface area contributed by atoms with Crippen molar-refractivity contribution in [1.82, 2.24) is 0 Å². The molecule has 0 spiro atoms. The van der Waals surface area contributed by atoms with E-state index in [1.165, 1.54) is 37.2 Å². The molecular weight excluding hydrogens is 254 g/mol. The van der Waals surface area contributed by atoms with E-state index in [-0.39, 0.29) is 21.0 Å². The van der Waals surface area contributed by atoms with Crippen LogP contribution in [0.4, 0.5) is 4.79 Å². The molecule has 0 aliphatic heterocycles. The molecule has 0 unspecified atom stereocenters. The van der Waals surface area contributed by atoms with Crippen LogP contribution in [-0.2, 0) is 0 Å². The molecule has 63 valence electrons. The van der Waals surface area contributed by atoms with Crippen LogP contribution in [0.5, 0.6) is 0 Å². The van der Waals surface area contributed by atoms with Gasteiger partial charge in [-0.05, 0) is 0 Å². The zero-order valence-electron chi connectivity index (χ0n) is 6.42. The molecule has 11 heavy (non-hydrogen) atoms. The van der Waals surface area contributed by atoms with E-state index in [1.807, 2.05) is 0 Å². The molecule has 1 N–H and O–H groups in total. The maximum atomic E-state index is 10.2. The van der Waals surface area contributed by atoms with E-state index in [1.54, 1.807) is 0 Å². The fraction of sp³-hybridized carbons (Fsp3) is 0.857. The van der Waals surface area contributed by atoms with Crippen LogP contribution in [0.3, 0.4) is 0 Å². The van der Waals surface area contributed by atoms with Gasteiger partial charge in [0.15, 0.2) is 0 Å². The van der Waals surface area contributed by atoms with Crippen LogP contribution in [0.2, 0.25) is 0 Å². The van der Waals surface area contributed by atoms with Crippen LogP contribution in [-0.4, -0.2) is 20.0 Å². The minimum atomic E-state index is -0.719. The third-order valence-electron chi connectivity index (χ3n) is 1.87. The van der Waals surface area contributed by atoms with Gasteiger partial charge in [-0.1, -0.05) is 0 Å². The summed E-state index contributed by atoms with van der Waals surface area (Å²) in [4.78, 5) is 10.2. The van der Waals surface area contributed by atoms with E-state index in [4.69, 9.17) is 5.11 Å². The van der Waals surface area contributed by atoms with E-state index >= 15 is 0 Å².